The molecule has 0 spiro atoms. The second-order valence-corrected chi connectivity index (χ2v) is 9.72. The van der Waals surface area contributed by atoms with E-state index >= 15 is 0 Å². The molecule has 1 aromatic carbocycles. The largest absolute Gasteiger partial charge is 0.358 e. The average molecular weight is 441 g/mol. The molecule has 3 rings (SSSR count). The fraction of sp³-hybridized carbons (Fsp3) is 0.692. The van der Waals surface area contributed by atoms with Gasteiger partial charge in [-0.2, -0.15) is 8.78 Å². The van der Waals surface area contributed by atoms with Gasteiger partial charge in [-0.25, -0.2) is 8.78 Å². The molecule has 2 fully saturated rings. The summed E-state index contributed by atoms with van der Waals surface area (Å²) < 4.78 is 62.5. The Morgan fingerprint density at radius 2 is 1.61 bits per heavy atom. The lowest BCUT2D eigenvalue weighted by Crippen LogP contribution is -2.47. The molecule has 174 valence electrons. The fourth-order valence-corrected chi connectivity index (χ4v) is 5.08. The van der Waals surface area contributed by atoms with Crippen LogP contribution in [0.4, 0.5) is 17.6 Å². The summed E-state index contributed by atoms with van der Waals surface area (Å²) in [4.78, 5) is 0. The minimum Gasteiger partial charge on any atom is -0.311 e. The second-order valence-electron chi connectivity index (χ2n) is 9.72. The first-order valence-corrected chi connectivity index (χ1v) is 11.8. The second kappa shape index (κ2) is 10.5. The highest BCUT2D eigenvalue weighted by atomic mass is 19.3. The summed E-state index contributed by atoms with van der Waals surface area (Å²) in [6, 6.07) is 8.60. The van der Waals surface area contributed by atoms with Gasteiger partial charge in [0.2, 0.25) is 0 Å². The maximum atomic E-state index is 14.7. The van der Waals surface area contributed by atoms with Gasteiger partial charge in [-0.3, -0.25) is 0 Å². The van der Waals surface area contributed by atoms with Crippen LogP contribution >= 0.6 is 0 Å². The standard InChI is InChI=1S/C26H36F4O/c1-3-4-5-20-7-9-21(10-8-20)11-12-22-13-15-23(16-14-22)26(29,30)31-24-17-6-19(2)18-25(24,27)28/h3,7-10,19,22-24H,1,4-6,11-18H2,2H3. The number of rotatable bonds is 9. The molecule has 0 radical (unpaired) electrons. The van der Waals surface area contributed by atoms with Gasteiger partial charge >= 0.3 is 6.11 Å². The Labute approximate surface area is 184 Å². The van der Waals surface area contributed by atoms with Crippen LogP contribution in [0, 0.1) is 17.8 Å². The lowest BCUT2D eigenvalue weighted by atomic mass is 9.78. The van der Waals surface area contributed by atoms with Crippen molar-refractivity contribution in [2.75, 3.05) is 0 Å². The number of aryl methyl sites for hydroxylation is 2. The summed E-state index contributed by atoms with van der Waals surface area (Å²) >= 11 is 0. The Morgan fingerprint density at radius 1 is 1.00 bits per heavy atom. The van der Waals surface area contributed by atoms with Gasteiger partial charge in [-0.1, -0.05) is 37.3 Å². The lowest BCUT2D eigenvalue weighted by Gasteiger charge is -2.39. The van der Waals surface area contributed by atoms with E-state index in [0.29, 0.717) is 38.0 Å². The first-order valence-electron chi connectivity index (χ1n) is 11.8. The number of hydrogen-bond donors (Lipinski definition) is 0. The van der Waals surface area contributed by atoms with Crippen LogP contribution in [0.2, 0.25) is 0 Å². The maximum absolute atomic E-state index is 14.7. The summed E-state index contributed by atoms with van der Waals surface area (Å²) in [5.41, 5.74) is 2.57. The molecule has 0 N–H and O–H groups in total. The topological polar surface area (TPSA) is 9.23 Å². The third-order valence-electron chi connectivity index (χ3n) is 7.14. The molecule has 2 aliphatic rings. The lowest BCUT2D eigenvalue weighted by molar-refractivity contribution is -0.333. The van der Waals surface area contributed by atoms with Gasteiger partial charge in [0.25, 0.3) is 5.92 Å². The molecule has 31 heavy (non-hydrogen) atoms. The van der Waals surface area contributed by atoms with Crippen LogP contribution in [0.25, 0.3) is 0 Å². The first-order chi connectivity index (χ1) is 14.7. The molecule has 0 aliphatic heterocycles. The molecular formula is C26H36F4O. The predicted molar refractivity (Wildman–Crippen MR) is 117 cm³/mol. The predicted octanol–water partition coefficient (Wildman–Crippen LogP) is 7.98. The molecule has 0 amide bonds. The van der Waals surface area contributed by atoms with Crippen molar-refractivity contribution in [1.82, 2.24) is 0 Å². The first kappa shape index (κ1) is 24.3. The smallest absolute Gasteiger partial charge is 0.311 e. The molecule has 2 atom stereocenters. The Hall–Kier alpha value is -1.36. The van der Waals surface area contributed by atoms with Crippen LogP contribution in [0.5, 0.6) is 0 Å². The van der Waals surface area contributed by atoms with E-state index in [4.69, 9.17) is 4.74 Å². The number of alkyl halides is 4. The van der Waals surface area contributed by atoms with E-state index in [2.05, 4.69) is 30.8 Å². The van der Waals surface area contributed by atoms with Gasteiger partial charge in [0.15, 0.2) is 0 Å². The van der Waals surface area contributed by atoms with Gasteiger partial charge in [0, 0.05) is 6.42 Å². The summed E-state index contributed by atoms with van der Waals surface area (Å²) in [6.45, 7) is 5.48. The minimum absolute atomic E-state index is 0.00544. The van der Waals surface area contributed by atoms with Crippen LogP contribution in [0.1, 0.15) is 75.8 Å². The van der Waals surface area contributed by atoms with Crippen molar-refractivity contribution in [2.24, 2.45) is 17.8 Å². The van der Waals surface area contributed by atoms with Gasteiger partial charge in [-0.15, -0.1) is 6.58 Å². The Kier molecular flexibility index (Phi) is 8.23. The van der Waals surface area contributed by atoms with Crippen molar-refractivity contribution in [3.63, 3.8) is 0 Å². The van der Waals surface area contributed by atoms with E-state index < -0.39 is 24.1 Å². The van der Waals surface area contributed by atoms with E-state index in [1.807, 2.05) is 6.08 Å². The summed E-state index contributed by atoms with van der Waals surface area (Å²) in [7, 11) is 0. The quantitative estimate of drug-likeness (QED) is 0.279. The van der Waals surface area contributed by atoms with Crippen molar-refractivity contribution in [2.45, 2.75) is 95.7 Å². The zero-order valence-electron chi connectivity index (χ0n) is 18.6. The van der Waals surface area contributed by atoms with Crippen molar-refractivity contribution in [1.29, 1.82) is 0 Å². The molecule has 2 unspecified atom stereocenters. The third kappa shape index (κ3) is 6.81. The Balaban J connectivity index is 1.43. The Morgan fingerprint density at radius 3 is 2.19 bits per heavy atom. The van der Waals surface area contributed by atoms with Gasteiger partial charge in [-0.05, 0) is 87.2 Å². The van der Waals surface area contributed by atoms with Gasteiger partial charge in [0.1, 0.15) is 6.10 Å². The highest BCUT2D eigenvalue weighted by Gasteiger charge is 2.52. The van der Waals surface area contributed by atoms with Crippen LogP contribution in [0.3, 0.4) is 0 Å². The van der Waals surface area contributed by atoms with Crippen LogP contribution in [-0.2, 0) is 17.6 Å². The van der Waals surface area contributed by atoms with Gasteiger partial charge in [0.05, 0.1) is 5.92 Å². The summed E-state index contributed by atoms with van der Waals surface area (Å²) in [5, 5.41) is 0. The van der Waals surface area contributed by atoms with Crippen LogP contribution < -0.4 is 0 Å². The van der Waals surface area contributed by atoms with E-state index in [-0.39, 0.29) is 18.8 Å². The third-order valence-corrected chi connectivity index (χ3v) is 7.14. The van der Waals surface area contributed by atoms with Crippen LogP contribution in [-0.4, -0.2) is 18.1 Å². The van der Waals surface area contributed by atoms with Crippen molar-refractivity contribution < 1.29 is 22.3 Å². The number of ether oxygens (including phenoxy) is 1. The molecule has 0 bridgehead atoms. The highest BCUT2D eigenvalue weighted by Crippen LogP contribution is 2.45. The summed E-state index contributed by atoms with van der Waals surface area (Å²) in [6.07, 6.45) is 2.91. The van der Waals surface area contributed by atoms with Crippen molar-refractivity contribution >= 4 is 0 Å². The molecule has 2 aliphatic carbocycles. The number of hydrogen-bond acceptors (Lipinski definition) is 1. The maximum Gasteiger partial charge on any atom is 0.358 e. The van der Waals surface area contributed by atoms with Crippen LogP contribution in [0.15, 0.2) is 36.9 Å². The SMILES string of the molecule is C=CCCc1ccc(CCC2CCC(C(F)(F)OC3CCC(C)CC3(F)F)CC2)cc1. The fourth-order valence-electron chi connectivity index (χ4n) is 5.08. The molecule has 0 saturated heterocycles. The molecule has 2 saturated carbocycles. The minimum atomic E-state index is -3.47. The van der Waals surface area contributed by atoms with Crippen molar-refractivity contribution in [3.05, 3.63) is 48.0 Å². The Bertz CT molecular complexity index is 692. The van der Waals surface area contributed by atoms with E-state index in [1.54, 1.807) is 6.92 Å². The molecule has 0 aromatic heterocycles. The molecular weight excluding hydrogens is 404 g/mol. The highest BCUT2D eigenvalue weighted by molar-refractivity contribution is 5.23. The average Bonchev–Trinajstić information content (AvgIpc) is 2.73. The monoisotopic (exact) mass is 440 g/mol. The zero-order chi connectivity index (χ0) is 22.5. The molecule has 1 nitrogen and oxygen atoms in total. The number of allylic oxidation sites excluding steroid dienone is 1. The normalized spacial score (nSPS) is 28.9. The van der Waals surface area contributed by atoms with Crippen molar-refractivity contribution in [3.8, 4) is 0 Å². The molecule has 0 heterocycles. The summed E-state index contributed by atoms with van der Waals surface area (Å²) in [5.74, 6) is -3.87. The number of halogens is 4. The van der Waals surface area contributed by atoms with E-state index in [0.717, 1.165) is 25.7 Å². The molecule has 1 aromatic rings. The van der Waals surface area contributed by atoms with E-state index in [1.165, 1.54) is 11.1 Å². The zero-order valence-corrected chi connectivity index (χ0v) is 18.6. The van der Waals surface area contributed by atoms with E-state index in [9.17, 15) is 17.6 Å². The molecule has 5 heteroatoms. The number of benzene rings is 1. The van der Waals surface area contributed by atoms with Gasteiger partial charge < -0.3 is 4.74 Å².